The number of hydrogen-bond donors (Lipinski definition) is 3. The molecule has 3 fully saturated rings. The molecule has 4 aliphatic carbocycles. The van der Waals surface area contributed by atoms with E-state index in [1.165, 1.54) is 0 Å². The zero-order chi connectivity index (χ0) is 21.6. The molecular formula is C23H33FO5. The first-order valence-corrected chi connectivity index (χ1v) is 10.9. The van der Waals surface area contributed by atoms with E-state index < -0.39 is 52.4 Å². The third kappa shape index (κ3) is 2.26. The first-order valence-electron chi connectivity index (χ1n) is 10.9. The lowest BCUT2D eigenvalue weighted by atomic mass is 9.42. The van der Waals surface area contributed by atoms with Crippen molar-refractivity contribution in [2.45, 2.75) is 77.2 Å². The number of Topliss-reactive ketones (excluding diaryl/α,β-unsaturated/α-hetero) is 1. The normalized spacial score (nSPS) is 54.3. The fourth-order valence-corrected chi connectivity index (χ4v) is 8.02. The lowest BCUT2D eigenvalue weighted by molar-refractivity contribution is -0.232. The molecule has 0 aliphatic heterocycles. The number of ketones is 2. The van der Waals surface area contributed by atoms with Crippen LogP contribution in [-0.2, 0) is 9.59 Å². The SMILES string of the molecule is CC1C[C@H]2[C@@H]3CC(C)[C@](O)(C(=O)CO)[C@@]3(C)CC(O)[C@]2(F)[C@@]2(C)CCC(=O)C=C12. The second kappa shape index (κ2) is 6.21. The quantitative estimate of drug-likeness (QED) is 0.652. The Kier molecular flexibility index (Phi) is 4.52. The average molecular weight is 409 g/mol. The van der Waals surface area contributed by atoms with Gasteiger partial charge < -0.3 is 15.3 Å². The molecule has 0 saturated heterocycles. The molecule has 29 heavy (non-hydrogen) atoms. The third-order valence-corrected chi connectivity index (χ3v) is 9.52. The molecule has 6 heteroatoms. The summed E-state index contributed by atoms with van der Waals surface area (Å²) in [6.45, 7) is 6.63. The van der Waals surface area contributed by atoms with Crippen molar-refractivity contribution in [2.75, 3.05) is 6.61 Å². The molecule has 5 nitrogen and oxygen atoms in total. The van der Waals surface area contributed by atoms with Crippen molar-refractivity contribution >= 4 is 11.6 Å². The average Bonchev–Trinajstić information content (AvgIpc) is 2.86. The first-order chi connectivity index (χ1) is 13.4. The number of halogens is 1. The number of rotatable bonds is 2. The van der Waals surface area contributed by atoms with Gasteiger partial charge in [0, 0.05) is 23.2 Å². The van der Waals surface area contributed by atoms with Gasteiger partial charge in [-0.25, -0.2) is 4.39 Å². The molecule has 0 heterocycles. The van der Waals surface area contributed by atoms with Crippen LogP contribution < -0.4 is 0 Å². The monoisotopic (exact) mass is 408 g/mol. The minimum atomic E-state index is -1.91. The number of aliphatic hydroxyl groups excluding tert-OH is 2. The van der Waals surface area contributed by atoms with Gasteiger partial charge in [-0.15, -0.1) is 0 Å². The van der Waals surface area contributed by atoms with Crippen LogP contribution in [-0.4, -0.2) is 50.9 Å². The maximum atomic E-state index is 17.1. The van der Waals surface area contributed by atoms with Gasteiger partial charge in [-0.1, -0.05) is 33.3 Å². The van der Waals surface area contributed by atoms with Crippen LogP contribution >= 0.6 is 0 Å². The number of allylic oxidation sites excluding steroid dienone is 1. The lowest BCUT2D eigenvalue weighted by Gasteiger charge is -2.64. The lowest BCUT2D eigenvalue weighted by Crippen LogP contribution is -2.70. The van der Waals surface area contributed by atoms with Crippen molar-refractivity contribution in [3.63, 3.8) is 0 Å². The van der Waals surface area contributed by atoms with Crippen LogP contribution in [0.3, 0.4) is 0 Å². The van der Waals surface area contributed by atoms with Crippen LogP contribution in [0.4, 0.5) is 4.39 Å². The summed E-state index contributed by atoms with van der Waals surface area (Å²) in [5.41, 5.74) is -4.84. The number of carbonyl (C=O) groups excluding carboxylic acids is 2. The molecule has 0 aromatic carbocycles. The third-order valence-electron chi connectivity index (χ3n) is 9.52. The van der Waals surface area contributed by atoms with E-state index in [0.29, 0.717) is 19.3 Å². The van der Waals surface area contributed by atoms with Crippen LogP contribution in [0.5, 0.6) is 0 Å². The van der Waals surface area contributed by atoms with Gasteiger partial charge in [-0.3, -0.25) is 9.59 Å². The highest BCUT2D eigenvalue weighted by Gasteiger charge is 2.76. The van der Waals surface area contributed by atoms with E-state index in [-0.39, 0.29) is 30.5 Å². The molecule has 0 aromatic rings. The molecule has 0 amide bonds. The van der Waals surface area contributed by atoms with Crippen molar-refractivity contribution in [1.29, 1.82) is 0 Å². The number of alkyl halides is 1. The van der Waals surface area contributed by atoms with E-state index in [1.807, 2.05) is 13.8 Å². The maximum absolute atomic E-state index is 17.1. The van der Waals surface area contributed by atoms with Gasteiger partial charge in [-0.2, -0.15) is 0 Å². The second-order valence-corrected chi connectivity index (χ2v) is 10.6. The summed E-state index contributed by atoms with van der Waals surface area (Å²) in [5, 5.41) is 32.2. The smallest absolute Gasteiger partial charge is 0.190 e. The molecule has 162 valence electrons. The summed E-state index contributed by atoms with van der Waals surface area (Å²) in [7, 11) is 0. The van der Waals surface area contributed by atoms with Gasteiger partial charge in [0.15, 0.2) is 11.6 Å². The van der Waals surface area contributed by atoms with Crippen molar-refractivity contribution in [2.24, 2.45) is 34.5 Å². The van der Waals surface area contributed by atoms with Gasteiger partial charge in [0.2, 0.25) is 0 Å². The van der Waals surface area contributed by atoms with Gasteiger partial charge in [0.1, 0.15) is 17.9 Å². The highest BCUT2D eigenvalue weighted by Crippen LogP contribution is 2.71. The molecule has 3 N–H and O–H groups in total. The Bertz CT molecular complexity index is 794. The predicted molar refractivity (Wildman–Crippen MR) is 105 cm³/mol. The summed E-state index contributed by atoms with van der Waals surface area (Å²) in [5.74, 6) is -1.88. The Morgan fingerprint density at radius 1 is 1.24 bits per heavy atom. The van der Waals surface area contributed by atoms with Gasteiger partial charge in [0.25, 0.3) is 0 Å². The van der Waals surface area contributed by atoms with Crippen molar-refractivity contribution in [3.05, 3.63) is 11.6 Å². The van der Waals surface area contributed by atoms with E-state index in [1.54, 1.807) is 19.9 Å². The Hall–Kier alpha value is -1.11. The maximum Gasteiger partial charge on any atom is 0.190 e. The minimum Gasteiger partial charge on any atom is -0.390 e. The van der Waals surface area contributed by atoms with Gasteiger partial charge in [-0.05, 0) is 49.5 Å². The molecule has 0 bridgehead atoms. The largest absolute Gasteiger partial charge is 0.390 e. The van der Waals surface area contributed by atoms with Crippen molar-refractivity contribution in [3.8, 4) is 0 Å². The molecule has 4 aliphatic rings. The fraction of sp³-hybridized carbons (Fsp3) is 0.826. The Balaban J connectivity index is 1.86. The Morgan fingerprint density at radius 3 is 2.52 bits per heavy atom. The molecule has 0 radical (unpaired) electrons. The van der Waals surface area contributed by atoms with Crippen LogP contribution in [0.1, 0.15) is 59.8 Å². The topological polar surface area (TPSA) is 94.8 Å². The van der Waals surface area contributed by atoms with E-state index in [2.05, 4.69) is 0 Å². The van der Waals surface area contributed by atoms with Crippen LogP contribution in [0.25, 0.3) is 0 Å². The summed E-state index contributed by atoms with van der Waals surface area (Å²) in [6.07, 6.45) is 1.78. The summed E-state index contributed by atoms with van der Waals surface area (Å²) in [6, 6.07) is 0. The Labute approximate surface area is 171 Å². The van der Waals surface area contributed by atoms with E-state index in [0.717, 1.165) is 5.57 Å². The number of hydrogen-bond acceptors (Lipinski definition) is 5. The molecule has 3 unspecified atom stereocenters. The summed E-state index contributed by atoms with van der Waals surface area (Å²) in [4.78, 5) is 24.7. The molecule has 0 aromatic heterocycles. The standard InChI is InChI=1S/C23H33FO5/c1-12-7-17-16-8-13(2)23(29,19(28)11-25)21(16,4)10-18(27)22(17,24)20(3)6-5-14(26)9-15(12)20/h9,12-13,16-18,25,27,29H,5-8,10-11H2,1-4H3/t12?,13?,16-,17-,18?,20-,21-,22-,23-/m0/s1. The fourth-order valence-electron chi connectivity index (χ4n) is 8.02. The van der Waals surface area contributed by atoms with Crippen LogP contribution in [0.2, 0.25) is 0 Å². The second-order valence-electron chi connectivity index (χ2n) is 10.6. The van der Waals surface area contributed by atoms with E-state index in [9.17, 15) is 24.9 Å². The molecule has 9 atom stereocenters. The molecular weight excluding hydrogens is 375 g/mol. The van der Waals surface area contributed by atoms with E-state index in [4.69, 9.17) is 0 Å². The number of fused-ring (bicyclic) bond motifs is 5. The first kappa shape index (κ1) is 21.1. The van der Waals surface area contributed by atoms with Crippen molar-refractivity contribution < 1.29 is 29.3 Å². The Morgan fingerprint density at radius 2 is 1.90 bits per heavy atom. The van der Waals surface area contributed by atoms with Gasteiger partial charge in [0.05, 0.1) is 6.10 Å². The van der Waals surface area contributed by atoms with E-state index >= 15 is 4.39 Å². The number of carbonyl (C=O) groups is 2. The highest BCUT2D eigenvalue weighted by atomic mass is 19.1. The molecule has 0 spiro atoms. The zero-order valence-electron chi connectivity index (χ0n) is 17.7. The number of aliphatic hydroxyl groups is 3. The zero-order valence-corrected chi connectivity index (χ0v) is 17.7. The summed E-state index contributed by atoms with van der Waals surface area (Å²) >= 11 is 0. The van der Waals surface area contributed by atoms with Crippen LogP contribution in [0.15, 0.2) is 11.6 Å². The molecule has 4 rings (SSSR count). The molecule has 3 saturated carbocycles. The predicted octanol–water partition coefficient (Wildman–Crippen LogP) is 2.37. The van der Waals surface area contributed by atoms with Gasteiger partial charge >= 0.3 is 0 Å². The highest BCUT2D eigenvalue weighted by molar-refractivity contribution is 5.92. The minimum absolute atomic E-state index is 0.00906. The van der Waals surface area contributed by atoms with Crippen molar-refractivity contribution in [1.82, 2.24) is 0 Å². The summed E-state index contributed by atoms with van der Waals surface area (Å²) < 4.78 is 17.1. The van der Waals surface area contributed by atoms with Crippen LogP contribution in [0, 0.1) is 34.5 Å².